The zero-order valence-corrected chi connectivity index (χ0v) is 17.8. The van der Waals surface area contributed by atoms with Crippen LogP contribution in [0.15, 0.2) is 47.3 Å². The van der Waals surface area contributed by atoms with E-state index in [0.29, 0.717) is 28.6 Å². The van der Waals surface area contributed by atoms with Crippen LogP contribution in [0.25, 0.3) is 10.9 Å². The molecule has 168 valence electrons. The maximum Gasteiger partial charge on any atom is 0.416 e. The van der Waals surface area contributed by atoms with Crippen LogP contribution in [0, 0.1) is 0 Å². The van der Waals surface area contributed by atoms with Gasteiger partial charge >= 0.3 is 6.18 Å². The minimum atomic E-state index is -4.39. The van der Waals surface area contributed by atoms with Crippen LogP contribution in [0.1, 0.15) is 53.0 Å². The van der Waals surface area contributed by atoms with E-state index in [1.54, 1.807) is 29.8 Å². The van der Waals surface area contributed by atoms with Crippen LogP contribution >= 0.6 is 0 Å². The van der Waals surface area contributed by atoms with Crippen LogP contribution < -0.4 is 5.56 Å². The second kappa shape index (κ2) is 8.76. The third-order valence-corrected chi connectivity index (χ3v) is 5.86. The lowest BCUT2D eigenvalue weighted by atomic mass is 10.1. The van der Waals surface area contributed by atoms with Gasteiger partial charge in [0.2, 0.25) is 0 Å². The fourth-order valence-corrected chi connectivity index (χ4v) is 4.09. The van der Waals surface area contributed by atoms with Crippen molar-refractivity contribution in [3.8, 4) is 0 Å². The molecule has 1 aliphatic rings. The molecule has 32 heavy (non-hydrogen) atoms. The Bertz CT molecular complexity index is 1200. The van der Waals surface area contributed by atoms with Crippen LogP contribution in [0.3, 0.4) is 0 Å². The van der Waals surface area contributed by atoms with E-state index in [0.717, 1.165) is 50.1 Å². The first kappa shape index (κ1) is 22.0. The van der Waals surface area contributed by atoms with E-state index in [4.69, 9.17) is 0 Å². The fourth-order valence-electron chi connectivity index (χ4n) is 4.09. The number of alkyl halides is 3. The number of aromatic nitrogens is 2. The summed E-state index contributed by atoms with van der Waals surface area (Å²) in [5.74, 6) is 0.463. The molecular weight excluding hydrogens is 419 g/mol. The van der Waals surface area contributed by atoms with E-state index in [1.807, 2.05) is 0 Å². The van der Waals surface area contributed by atoms with Gasteiger partial charge in [0, 0.05) is 32.1 Å². The number of hydrogen-bond donors (Lipinski definition) is 0. The first-order chi connectivity index (χ1) is 15.2. The molecule has 4 rings (SSSR count). The number of carbonyl (C=O) groups is 1. The topological polar surface area (TPSA) is 55.2 Å². The van der Waals surface area contributed by atoms with Gasteiger partial charge in [0.1, 0.15) is 5.82 Å². The Balaban J connectivity index is 1.58. The van der Waals surface area contributed by atoms with Crippen molar-refractivity contribution < 1.29 is 18.0 Å². The number of carbonyl (C=O) groups excluding carboxylic acids is 1. The summed E-state index contributed by atoms with van der Waals surface area (Å²) in [7, 11) is 1.59. The third kappa shape index (κ3) is 4.54. The number of fused-ring (bicyclic) bond motifs is 2. The Hall–Kier alpha value is -3.16. The van der Waals surface area contributed by atoms with Gasteiger partial charge in [-0.05, 0) is 48.7 Å². The summed E-state index contributed by atoms with van der Waals surface area (Å²) < 4.78 is 40.0. The minimum absolute atomic E-state index is 0.0796. The van der Waals surface area contributed by atoms with Crippen molar-refractivity contribution >= 4 is 16.8 Å². The average Bonchev–Trinajstić information content (AvgIpc) is 2.74. The van der Waals surface area contributed by atoms with Gasteiger partial charge in [0.05, 0.1) is 16.5 Å². The molecular formula is C24H24F3N3O2. The molecule has 8 heteroatoms. The molecule has 3 aromatic rings. The van der Waals surface area contributed by atoms with E-state index >= 15 is 0 Å². The molecule has 0 saturated heterocycles. The van der Waals surface area contributed by atoms with Crippen LogP contribution in [-0.4, -0.2) is 27.4 Å². The van der Waals surface area contributed by atoms with Crippen LogP contribution in [0.4, 0.5) is 13.2 Å². The van der Waals surface area contributed by atoms with E-state index in [-0.39, 0.29) is 18.0 Å². The first-order valence-electron chi connectivity index (χ1n) is 10.7. The Kier molecular flexibility index (Phi) is 6.04. The highest BCUT2D eigenvalue weighted by molar-refractivity contribution is 5.97. The van der Waals surface area contributed by atoms with Crippen molar-refractivity contribution in [2.75, 3.05) is 7.05 Å². The van der Waals surface area contributed by atoms with E-state index in [1.165, 1.54) is 17.0 Å². The fraction of sp³-hybridized carbons (Fsp3) is 0.375. The van der Waals surface area contributed by atoms with Crippen LogP contribution in [0.5, 0.6) is 0 Å². The second-order valence-electron chi connectivity index (χ2n) is 8.24. The maximum atomic E-state index is 12.9. The van der Waals surface area contributed by atoms with Crippen molar-refractivity contribution in [1.29, 1.82) is 0 Å². The summed E-state index contributed by atoms with van der Waals surface area (Å²) in [6, 6.07) is 9.62. The third-order valence-electron chi connectivity index (χ3n) is 5.86. The zero-order valence-electron chi connectivity index (χ0n) is 17.8. The minimum Gasteiger partial charge on any atom is -0.337 e. The molecule has 0 fully saturated rings. The molecule has 5 nitrogen and oxygen atoms in total. The molecule has 1 aromatic heterocycles. The monoisotopic (exact) mass is 443 g/mol. The van der Waals surface area contributed by atoms with E-state index < -0.39 is 11.7 Å². The second-order valence-corrected chi connectivity index (χ2v) is 8.24. The van der Waals surface area contributed by atoms with Gasteiger partial charge in [0.15, 0.2) is 0 Å². The van der Waals surface area contributed by atoms with Crippen molar-refractivity contribution in [2.45, 2.75) is 51.4 Å². The van der Waals surface area contributed by atoms with Gasteiger partial charge in [-0.3, -0.25) is 14.2 Å². The van der Waals surface area contributed by atoms with Gasteiger partial charge in [-0.2, -0.15) is 13.2 Å². The highest BCUT2D eigenvalue weighted by Gasteiger charge is 2.30. The highest BCUT2D eigenvalue weighted by Crippen LogP contribution is 2.29. The summed E-state index contributed by atoms with van der Waals surface area (Å²) in [6.07, 6.45) is 0.479. The van der Waals surface area contributed by atoms with E-state index in [2.05, 4.69) is 4.98 Å². The Morgan fingerprint density at radius 3 is 2.50 bits per heavy atom. The van der Waals surface area contributed by atoms with Crippen molar-refractivity contribution in [3.05, 3.63) is 75.3 Å². The van der Waals surface area contributed by atoms with Crippen LogP contribution in [0.2, 0.25) is 0 Å². The maximum absolute atomic E-state index is 12.9. The lowest BCUT2D eigenvalue weighted by molar-refractivity contribution is -0.137. The van der Waals surface area contributed by atoms with Gasteiger partial charge in [-0.25, -0.2) is 4.98 Å². The Morgan fingerprint density at radius 1 is 1.06 bits per heavy atom. The summed E-state index contributed by atoms with van der Waals surface area (Å²) in [5.41, 5.74) is 0.665. The highest BCUT2D eigenvalue weighted by atomic mass is 19.4. The van der Waals surface area contributed by atoms with E-state index in [9.17, 15) is 22.8 Å². The Labute approximate surface area is 183 Å². The predicted molar refractivity (Wildman–Crippen MR) is 115 cm³/mol. The summed E-state index contributed by atoms with van der Waals surface area (Å²) in [6.45, 7) is 0.822. The smallest absolute Gasteiger partial charge is 0.337 e. The number of benzene rings is 2. The number of nitrogens with zero attached hydrogens (tertiary/aromatic N) is 3. The van der Waals surface area contributed by atoms with Crippen molar-refractivity contribution in [1.82, 2.24) is 14.5 Å². The van der Waals surface area contributed by atoms with Gasteiger partial charge in [-0.1, -0.05) is 25.0 Å². The molecule has 2 heterocycles. The molecule has 1 aliphatic heterocycles. The lowest BCUT2D eigenvalue weighted by Gasteiger charge is -2.19. The van der Waals surface area contributed by atoms with Crippen LogP contribution in [-0.2, 0) is 25.7 Å². The molecule has 0 aliphatic carbocycles. The Morgan fingerprint density at radius 2 is 1.78 bits per heavy atom. The normalized spacial score (nSPS) is 14.5. The summed E-state index contributed by atoms with van der Waals surface area (Å²) in [5, 5.41) is 0.483. The molecule has 0 saturated carbocycles. The zero-order chi connectivity index (χ0) is 22.9. The molecule has 0 bridgehead atoms. The number of aryl methyl sites for hydroxylation is 1. The number of halogens is 3. The summed E-state index contributed by atoms with van der Waals surface area (Å²) in [4.78, 5) is 32.0. The number of amides is 1. The van der Waals surface area contributed by atoms with Gasteiger partial charge in [0.25, 0.3) is 11.5 Å². The predicted octanol–water partition coefficient (Wildman–Crippen LogP) is 4.80. The molecule has 0 spiro atoms. The number of rotatable bonds is 3. The SMILES string of the molecule is CN(Cc1ccc(C(F)(F)F)cc1)C(=O)c1ccc2c(=O)n3c(nc2c1)CCCCCC3. The lowest BCUT2D eigenvalue weighted by Crippen LogP contribution is -2.28. The number of hydrogen-bond acceptors (Lipinski definition) is 3. The van der Waals surface area contributed by atoms with Crippen molar-refractivity contribution in [3.63, 3.8) is 0 Å². The van der Waals surface area contributed by atoms with Crippen molar-refractivity contribution in [2.24, 2.45) is 0 Å². The molecule has 0 unspecified atom stereocenters. The molecule has 0 atom stereocenters. The quantitative estimate of drug-likeness (QED) is 0.584. The molecule has 0 N–H and O–H groups in total. The first-order valence-corrected chi connectivity index (χ1v) is 10.7. The largest absolute Gasteiger partial charge is 0.416 e. The summed E-state index contributed by atoms with van der Waals surface area (Å²) >= 11 is 0. The van der Waals surface area contributed by atoms with Gasteiger partial charge in [-0.15, -0.1) is 0 Å². The molecule has 1 amide bonds. The van der Waals surface area contributed by atoms with Gasteiger partial charge < -0.3 is 4.90 Å². The standard InChI is InChI=1S/C24H24F3N3O2/c1-29(15-16-7-10-18(11-8-16)24(25,26)27)22(31)17-9-12-19-20(14-17)28-21-6-4-2-3-5-13-30(21)23(19)32/h7-12,14H,2-6,13,15H2,1H3. The molecule has 0 radical (unpaired) electrons. The average molecular weight is 443 g/mol. The molecule has 2 aromatic carbocycles.